The minimum absolute atomic E-state index is 0.780. The van der Waals surface area contributed by atoms with Crippen molar-refractivity contribution in [2.24, 2.45) is 11.8 Å². The third-order valence-electron chi connectivity index (χ3n) is 3.22. The molecule has 0 spiro atoms. The molecule has 88 valence electrons. The first kappa shape index (κ1) is 12.4. The first-order chi connectivity index (χ1) is 7.66. The van der Waals surface area contributed by atoms with Gasteiger partial charge in [0.1, 0.15) is 0 Å². The molecule has 0 heterocycles. The summed E-state index contributed by atoms with van der Waals surface area (Å²) in [6.07, 6.45) is 2.85. The number of hydrogen-bond donors (Lipinski definition) is 1. The second-order valence-electron chi connectivity index (χ2n) is 4.68. The number of rotatable bonds is 5. The Kier molecular flexibility index (Phi) is 4.28. The molecule has 0 bridgehead atoms. The molecule has 3 heteroatoms. The summed E-state index contributed by atoms with van der Waals surface area (Å²) in [5.41, 5.74) is 1.27. The fourth-order valence-corrected chi connectivity index (χ4v) is 2.75. The number of halogens is 2. The Morgan fingerprint density at radius 3 is 2.88 bits per heavy atom. The maximum atomic E-state index is 5.90. The van der Waals surface area contributed by atoms with Gasteiger partial charge in [-0.05, 0) is 48.9 Å². The van der Waals surface area contributed by atoms with Gasteiger partial charge in [-0.3, -0.25) is 0 Å². The molecule has 1 atom stereocenters. The molecule has 1 unspecified atom stereocenters. The Bertz CT molecular complexity index is 363. The Morgan fingerprint density at radius 2 is 2.25 bits per heavy atom. The molecule has 1 aromatic rings. The van der Waals surface area contributed by atoms with Crippen LogP contribution in [0.2, 0.25) is 5.02 Å². The number of benzene rings is 1. The van der Waals surface area contributed by atoms with Gasteiger partial charge in [0.2, 0.25) is 0 Å². The van der Waals surface area contributed by atoms with Crippen molar-refractivity contribution in [2.75, 3.05) is 6.54 Å². The highest BCUT2D eigenvalue weighted by Gasteiger charge is 2.27. The molecule has 0 aliphatic heterocycles. The highest BCUT2D eigenvalue weighted by atomic mass is 79.9. The van der Waals surface area contributed by atoms with Crippen molar-refractivity contribution < 1.29 is 0 Å². The lowest BCUT2D eigenvalue weighted by molar-refractivity contribution is 0.461. The Hall–Kier alpha value is -0.0500. The lowest BCUT2D eigenvalue weighted by Gasteiger charge is -2.12. The maximum Gasteiger partial charge on any atom is 0.0417 e. The largest absolute Gasteiger partial charge is 0.312 e. The molecular weight excluding hydrogens is 286 g/mol. The van der Waals surface area contributed by atoms with Gasteiger partial charge in [-0.15, -0.1) is 0 Å². The normalized spacial score (nSPS) is 17.4. The van der Waals surface area contributed by atoms with E-state index >= 15 is 0 Å². The van der Waals surface area contributed by atoms with Crippen LogP contribution in [0.3, 0.4) is 0 Å². The minimum atomic E-state index is 0.780. The van der Waals surface area contributed by atoms with Gasteiger partial charge >= 0.3 is 0 Å². The summed E-state index contributed by atoms with van der Waals surface area (Å²) in [6, 6.07) is 5.96. The molecule has 1 fully saturated rings. The van der Waals surface area contributed by atoms with Crippen molar-refractivity contribution in [1.29, 1.82) is 0 Å². The summed E-state index contributed by atoms with van der Waals surface area (Å²) in [6.45, 7) is 4.36. The van der Waals surface area contributed by atoms with Crippen LogP contribution in [0, 0.1) is 11.8 Å². The van der Waals surface area contributed by atoms with Crippen LogP contribution in [0.1, 0.15) is 25.3 Å². The van der Waals surface area contributed by atoms with Gasteiger partial charge in [0, 0.05) is 16.0 Å². The molecular formula is C13H17BrClN. The predicted octanol–water partition coefficient (Wildman–Crippen LogP) is 4.24. The molecule has 2 rings (SSSR count). The first-order valence-corrected chi connectivity index (χ1v) is 6.98. The summed E-state index contributed by atoms with van der Waals surface area (Å²) < 4.78 is 1.09. The maximum absolute atomic E-state index is 5.90. The van der Waals surface area contributed by atoms with Gasteiger partial charge in [-0.25, -0.2) is 0 Å². The molecule has 0 amide bonds. The predicted molar refractivity (Wildman–Crippen MR) is 72.7 cm³/mol. The summed E-state index contributed by atoms with van der Waals surface area (Å²) in [5, 5.41) is 4.29. The average molecular weight is 303 g/mol. The third-order valence-corrected chi connectivity index (χ3v) is 4.20. The lowest BCUT2D eigenvalue weighted by Crippen LogP contribution is -2.21. The van der Waals surface area contributed by atoms with Crippen LogP contribution >= 0.6 is 27.5 Å². The molecule has 16 heavy (non-hydrogen) atoms. The molecule has 0 aromatic heterocycles. The fraction of sp³-hybridized carbons (Fsp3) is 0.538. The molecule has 1 aliphatic rings. The van der Waals surface area contributed by atoms with Crippen molar-refractivity contribution >= 4 is 27.5 Å². The second-order valence-corrected chi connectivity index (χ2v) is 5.97. The van der Waals surface area contributed by atoms with E-state index in [9.17, 15) is 0 Å². The van der Waals surface area contributed by atoms with Gasteiger partial charge < -0.3 is 5.32 Å². The van der Waals surface area contributed by atoms with Crippen molar-refractivity contribution in [3.63, 3.8) is 0 Å². The first-order valence-electron chi connectivity index (χ1n) is 5.81. The standard InChI is InChI=1S/C13H17BrClN/c1-9(10-2-3-10)7-16-8-11-4-5-12(15)6-13(11)14/h4-6,9-10,16H,2-3,7-8H2,1H3. The van der Waals surface area contributed by atoms with E-state index in [1.807, 2.05) is 12.1 Å². The smallest absolute Gasteiger partial charge is 0.0417 e. The quantitative estimate of drug-likeness (QED) is 0.858. The zero-order chi connectivity index (χ0) is 11.5. The van der Waals surface area contributed by atoms with E-state index in [1.54, 1.807) is 0 Å². The third kappa shape index (κ3) is 3.47. The van der Waals surface area contributed by atoms with Crippen LogP contribution in [0.25, 0.3) is 0 Å². The van der Waals surface area contributed by atoms with Gasteiger partial charge in [-0.2, -0.15) is 0 Å². The van der Waals surface area contributed by atoms with Crippen molar-refractivity contribution in [2.45, 2.75) is 26.3 Å². The van der Waals surface area contributed by atoms with Crippen molar-refractivity contribution in [3.8, 4) is 0 Å². The van der Waals surface area contributed by atoms with Gasteiger partial charge in [0.15, 0.2) is 0 Å². The summed E-state index contributed by atoms with van der Waals surface area (Å²) in [4.78, 5) is 0. The van der Waals surface area contributed by atoms with Crippen LogP contribution in [0.15, 0.2) is 22.7 Å². The van der Waals surface area contributed by atoms with Crippen LogP contribution in [-0.4, -0.2) is 6.54 Å². The molecule has 0 radical (unpaired) electrons. The summed E-state index contributed by atoms with van der Waals surface area (Å²) in [5.74, 6) is 1.78. The Morgan fingerprint density at radius 1 is 1.50 bits per heavy atom. The molecule has 1 aliphatic carbocycles. The molecule has 1 aromatic carbocycles. The van der Waals surface area contributed by atoms with E-state index in [4.69, 9.17) is 11.6 Å². The van der Waals surface area contributed by atoms with E-state index in [0.29, 0.717) is 0 Å². The van der Waals surface area contributed by atoms with Gasteiger partial charge in [-0.1, -0.05) is 40.5 Å². The van der Waals surface area contributed by atoms with E-state index in [-0.39, 0.29) is 0 Å². The van der Waals surface area contributed by atoms with Crippen LogP contribution in [0.5, 0.6) is 0 Å². The average Bonchev–Trinajstić information content (AvgIpc) is 3.04. The fourth-order valence-electron chi connectivity index (χ4n) is 1.93. The summed E-state index contributed by atoms with van der Waals surface area (Å²) >= 11 is 9.43. The number of hydrogen-bond acceptors (Lipinski definition) is 1. The van der Waals surface area contributed by atoms with Crippen molar-refractivity contribution in [1.82, 2.24) is 5.32 Å². The second kappa shape index (κ2) is 5.52. The molecule has 1 saturated carbocycles. The Labute approximate surface area is 111 Å². The molecule has 0 saturated heterocycles. The summed E-state index contributed by atoms with van der Waals surface area (Å²) in [7, 11) is 0. The van der Waals surface area contributed by atoms with E-state index in [1.165, 1.54) is 18.4 Å². The van der Waals surface area contributed by atoms with Gasteiger partial charge in [0.05, 0.1) is 0 Å². The number of nitrogens with one attached hydrogen (secondary N) is 1. The van der Waals surface area contributed by atoms with E-state index in [2.05, 4.69) is 34.2 Å². The van der Waals surface area contributed by atoms with E-state index < -0.39 is 0 Å². The molecule has 1 nitrogen and oxygen atoms in total. The highest BCUT2D eigenvalue weighted by Crippen LogP contribution is 2.36. The highest BCUT2D eigenvalue weighted by molar-refractivity contribution is 9.10. The SMILES string of the molecule is CC(CNCc1ccc(Cl)cc1Br)C1CC1. The lowest BCUT2D eigenvalue weighted by atomic mass is 10.1. The van der Waals surface area contributed by atoms with Gasteiger partial charge in [0.25, 0.3) is 0 Å². The van der Waals surface area contributed by atoms with Crippen LogP contribution in [-0.2, 0) is 6.54 Å². The monoisotopic (exact) mass is 301 g/mol. The topological polar surface area (TPSA) is 12.0 Å². The van der Waals surface area contributed by atoms with Crippen LogP contribution < -0.4 is 5.32 Å². The van der Waals surface area contributed by atoms with E-state index in [0.717, 1.165) is 34.4 Å². The minimum Gasteiger partial charge on any atom is -0.312 e. The Balaban J connectivity index is 1.80. The zero-order valence-corrected chi connectivity index (χ0v) is 11.8. The van der Waals surface area contributed by atoms with Crippen LogP contribution in [0.4, 0.5) is 0 Å². The molecule has 1 N–H and O–H groups in total. The van der Waals surface area contributed by atoms with Crippen molar-refractivity contribution in [3.05, 3.63) is 33.3 Å². The zero-order valence-electron chi connectivity index (χ0n) is 9.47.